The third kappa shape index (κ3) is 39.3. The Morgan fingerprint density at radius 2 is 1.02 bits per heavy atom. The number of allylic oxidation sites excluding steroid dienone is 1. The standard InChI is InChI=1S/C44H89N2O6P/c1-6-8-10-12-13-14-15-16-17-18-19-20-21-22-23-24-25-26-27-28-29-30-31-32-34-35-37-43(47)42(45-44(48)38-36-33-11-9-7-2)41-52-53(49,50)51-40-39-46(3,4)5/h35,37,42-43,47H,6-34,36,38-41H2,1-5H3,(H-,45,48,49,50)/b37-35+. The van der Waals surface area contributed by atoms with E-state index < -0.39 is 20.0 Å². The maximum atomic E-state index is 12.6. The topological polar surface area (TPSA) is 108 Å². The smallest absolute Gasteiger partial charge is 0.268 e. The number of quaternary nitrogens is 1. The normalized spacial score (nSPS) is 14.5. The average molecular weight is 773 g/mol. The number of phosphoric ester groups is 1. The van der Waals surface area contributed by atoms with Crippen LogP contribution >= 0.6 is 7.82 Å². The highest BCUT2D eigenvalue weighted by atomic mass is 31.2. The Kier molecular flexibility index (Phi) is 36.3. The molecule has 0 radical (unpaired) electrons. The lowest BCUT2D eigenvalue weighted by Gasteiger charge is -2.29. The molecule has 0 rings (SSSR count). The predicted molar refractivity (Wildman–Crippen MR) is 224 cm³/mol. The van der Waals surface area contributed by atoms with Gasteiger partial charge in [-0.15, -0.1) is 0 Å². The van der Waals surface area contributed by atoms with Crippen LogP contribution in [0.15, 0.2) is 12.2 Å². The van der Waals surface area contributed by atoms with Crippen molar-refractivity contribution in [1.82, 2.24) is 5.32 Å². The SMILES string of the molecule is CCCCCCCCCCCCCCCCCCCCCCCCCC/C=C/C(O)C(COP(=O)([O-])OCC[N+](C)(C)C)NC(=O)CCCCCCC. The number of likely N-dealkylation sites (N-methyl/N-ethyl adjacent to an activating group) is 1. The van der Waals surface area contributed by atoms with Crippen LogP contribution in [0, 0.1) is 0 Å². The van der Waals surface area contributed by atoms with E-state index in [0.29, 0.717) is 17.4 Å². The third-order valence-corrected chi connectivity index (χ3v) is 11.2. The first-order valence-electron chi connectivity index (χ1n) is 22.6. The summed E-state index contributed by atoms with van der Waals surface area (Å²) in [5.41, 5.74) is 0. The van der Waals surface area contributed by atoms with E-state index in [1.165, 1.54) is 141 Å². The third-order valence-electron chi connectivity index (χ3n) is 10.2. The maximum Gasteiger partial charge on any atom is 0.268 e. The molecule has 8 nitrogen and oxygen atoms in total. The Morgan fingerprint density at radius 1 is 0.642 bits per heavy atom. The summed E-state index contributed by atoms with van der Waals surface area (Å²) in [4.78, 5) is 25.0. The Balaban J connectivity index is 4.02. The molecule has 0 aliphatic rings. The number of rotatable bonds is 41. The lowest BCUT2D eigenvalue weighted by atomic mass is 10.0. The molecule has 0 aliphatic carbocycles. The van der Waals surface area contributed by atoms with E-state index >= 15 is 0 Å². The minimum atomic E-state index is -4.57. The first-order valence-corrected chi connectivity index (χ1v) is 24.0. The van der Waals surface area contributed by atoms with Crippen molar-refractivity contribution in [3.8, 4) is 0 Å². The number of amides is 1. The molecule has 0 fully saturated rings. The molecule has 0 heterocycles. The van der Waals surface area contributed by atoms with E-state index in [1.807, 2.05) is 27.2 Å². The van der Waals surface area contributed by atoms with Crippen LogP contribution in [-0.4, -0.2) is 68.5 Å². The van der Waals surface area contributed by atoms with E-state index in [0.717, 1.165) is 51.4 Å². The number of nitrogens with one attached hydrogen (secondary N) is 1. The van der Waals surface area contributed by atoms with Crippen LogP contribution in [-0.2, 0) is 18.4 Å². The molecule has 9 heteroatoms. The molecule has 0 spiro atoms. The second kappa shape index (κ2) is 36.9. The van der Waals surface area contributed by atoms with Crippen LogP contribution in [0.4, 0.5) is 0 Å². The molecule has 0 aromatic carbocycles. The highest BCUT2D eigenvalue weighted by molar-refractivity contribution is 7.45. The molecule has 0 saturated heterocycles. The number of aliphatic hydroxyl groups is 1. The number of carbonyl (C=O) groups is 1. The number of phosphoric acid groups is 1. The summed E-state index contributed by atoms with van der Waals surface area (Å²) in [5, 5.41) is 13.6. The number of unbranched alkanes of at least 4 members (excludes halogenated alkanes) is 28. The molecule has 316 valence electrons. The predicted octanol–water partition coefficient (Wildman–Crippen LogP) is 11.7. The van der Waals surface area contributed by atoms with Crippen LogP contribution in [0.2, 0.25) is 0 Å². The summed E-state index contributed by atoms with van der Waals surface area (Å²) < 4.78 is 23.0. The van der Waals surface area contributed by atoms with Gasteiger partial charge in [-0.05, 0) is 19.3 Å². The lowest BCUT2D eigenvalue weighted by molar-refractivity contribution is -0.870. The molecule has 3 atom stereocenters. The van der Waals surface area contributed by atoms with Gasteiger partial charge in [0.15, 0.2) is 0 Å². The van der Waals surface area contributed by atoms with Gasteiger partial charge >= 0.3 is 0 Å². The molecule has 0 bridgehead atoms. The van der Waals surface area contributed by atoms with Gasteiger partial charge in [-0.2, -0.15) is 0 Å². The number of hydrogen-bond donors (Lipinski definition) is 2. The Morgan fingerprint density at radius 3 is 1.42 bits per heavy atom. The van der Waals surface area contributed by atoms with Crippen LogP contribution in [0.3, 0.4) is 0 Å². The van der Waals surface area contributed by atoms with Gasteiger partial charge in [0.2, 0.25) is 5.91 Å². The van der Waals surface area contributed by atoms with E-state index in [4.69, 9.17) is 9.05 Å². The fourth-order valence-corrected chi connectivity index (χ4v) is 7.35. The van der Waals surface area contributed by atoms with Gasteiger partial charge in [0.25, 0.3) is 7.82 Å². The molecule has 1 amide bonds. The van der Waals surface area contributed by atoms with Crippen LogP contribution < -0.4 is 10.2 Å². The second-order valence-corrected chi connectivity index (χ2v) is 18.2. The Bertz CT molecular complexity index is 880. The van der Waals surface area contributed by atoms with Gasteiger partial charge in [0, 0.05) is 6.42 Å². The quantitative estimate of drug-likeness (QED) is 0.0277. The van der Waals surface area contributed by atoms with Crippen molar-refractivity contribution in [2.24, 2.45) is 0 Å². The highest BCUT2D eigenvalue weighted by Crippen LogP contribution is 2.38. The van der Waals surface area contributed by atoms with Crippen LogP contribution in [0.25, 0.3) is 0 Å². The van der Waals surface area contributed by atoms with Crippen molar-refractivity contribution in [2.75, 3.05) is 40.9 Å². The molecule has 0 aliphatic heterocycles. The van der Waals surface area contributed by atoms with E-state index in [2.05, 4.69) is 19.2 Å². The summed E-state index contributed by atoms with van der Waals surface area (Å²) in [7, 11) is 1.27. The van der Waals surface area contributed by atoms with E-state index in [-0.39, 0.29) is 19.1 Å². The monoisotopic (exact) mass is 773 g/mol. The first kappa shape index (κ1) is 52.2. The average Bonchev–Trinajstić information content (AvgIpc) is 3.10. The number of nitrogens with zero attached hydrogens (tertiary/aromatic N) is 1. The molecule has 0 aromatic rings. The zero-order valence-electron chi connectivity index (χ0n) is 35.7. The summed E-state index contributed by atoms with van der Waals surface area (Å²) in [6, 6.07) is -0.877. The zero-order valence-corrected chi connectivity index (χ0v) is 36.6. The molecular formula is C44H89N2O6P. The van der Waals surface area contributed by atoms with Gasteiger partial charge in [0.1, 0.15) is 13.2 Å². The first-order chi connectivity index (χ1) is 25.5. The molecule has 53 heavy (non-hydrogen) atoms. The summed E-state index contributed by atoms with van der Waals surface area (Å²) >= 11 is 0. The van der Waals surface area contributed by atoms with Crippen molar-refractivity contribution < 1.29 is 32.9 Å². The van der Waals surface area contributed by atoms with Crippen molar-refractivity contribution in [1.29, 1.82) is 0 Å². The molecule has 0 aromatic heterocycles. The highest BCUT2D eigenvalue weighted by Gasteiger charge is 2.23. The number of carbonyl (C=O) groups excluding carboxylic acids is 1. The molecule has 0 saturated carbocycles. The lowest BCUT2D eigenvalue weighted by Crippen LogP contribution is -2.45. The fraction of sp³-hybridized carbons (Fsp3) is 0.932. The van der Waals surface area contributed by atoms with Gasteiger partial charge < -0.3 is 28.8 Å². The molecule has 2 N–H and O–H groups in total. The van der Waals surface area contributed by atoms with Crippen molar-refractivity contribution in [2.45, 2.75) is 225 Å². The van der Waals surface area contributed by atoms with E-state index in [9.17, 15) is 19.4 Å². The minimum absolute atomic E-state index is 0.00110. The maximum absolute atomic E-state index is 12.6. The summed E-state index contributed by atoms with van der Waals surface area (Å²) in [5.74, 6) is -0.209. The Hall–Kier alpha value is -0.760. The fourth-order valence-electron chi connectivity index (χ4n) is 6.62. The van der Waals surface area contributed by atoms with Gasteiger partial charge in [0.05, 0.1) is 39.9 Å². The van der Waals surface area contributed by atoms with Gasteiger partial charge in [-0.3, -0.25) is 9.36 Å². The molecular weight excluding hydrogens is 683 g/mol. The van der Waals surface area contributed by atoms with Gasteiger partial charge in [-0.25, -0.2) is 0 Å². The van der Waals surface area contributed by atoms with Crippen molar-refractivity contribution >= 4 is 13.7 Å². The minimum Gasteiger partial charge on any atom is -0.756 e. The van der Waals surface area contributed by atoms with Gasteiger partial charge in [-0.1, -0.05) is 199 Å². The molecule has 3 unspecified atom stereocenters. The largest absolute Gasteiger partial charge is 0.756 e. The summed E-state index contributed by atoms with van der Waals surface area (Å²) in [6.45, 7) is 4.56. The van der Waals surface area contributed by atoms with Crippen LogP contribution in [0.1, 0.15) is 213 Å². The van der Waals surface area contributed by atoms with E-state index in [1.54, 1.807) is 6.08 Å². The van der Waals surface area contributed by atoms with Crippen molar-refractivity contribution in [3.63, 3.8) is 0 Å². The second-order valence-electron chi connectivity index (χ2n) is 16.8. The van der Waals surface area contributed by atoms with Crippen molar-refractivity contribution in [3.05, 3.63) is 12.2 Å². The zero-order chi connectivity index (χ0) is 39.3. The Labute approximate surface area is 329 Å². The number of hydrogen-bond acceptors (Lipinski definition) is 6. The number of aliphatic hydroxyl groups excluding tert-OH is 1. The summed E-state index contributed by atoms with van der Waals surface area (Å²) in [6.07, 6.45) is 41.8. The van der Waals surface area contributed by atoms with Crippen LogP contribution in [0.5, 0.6) is 0 Å².